The fraction of sp³-hybridized carbons (Fsp3) is 0.364. The Hall–Kier alpha value is -0.580. The molecule has 3 nitrogen and oxygen atoms in total. The smallest absolute Gasteiger partial charge is 0.253 e. The van der Waals surface area contributed by atoms with Gasteiger partial charge in [-0.25, -0.2) is 0 Å². The molecule has 0 unspecified atom stereocenters. The van der Waals surface area contributed by atoms with Crippen molar-refractivity contribution < 1.29 is 4.79 Å². The van der Waals surface area contributed by atoms with Gasteiger partial charge in [-0.05, 0) is 31.2 Å². The number of hydrogen-bond donors (Lipinski definition) is 1. The second kappa shape index (κ2) is 6.23. The maximum atomic E-state index is 12.0. The van der Waals surface area contributed by atoms with E-state index in [9.17, 15) is 4.79 Å². The van der Waals surface area contributed by atoms with Gasteiger partial charge in [0.1, 0.15) is 0 Å². The quantitative estimate of drug-likeness (QED) is 0.929. The van der Waals surface area contributed by atoms with E-state index >= 15 is 0 Å². The fourth-order valence-electron chi connectivity index (χ4n) is 1.33. The molecule has 1 amide bonds. The van der Waals surface area contributed by atoms with Crippen LogP contribution < -0.4 is 5.73 Å². The average Bonchev–Trinajstić information content (AvgIpc) is 2.23. The second-order valence-corrected chi connectivity index (χ2v) is 4.88. The summed E-state index contributed by atoms with van der Waals surface area (Å²) in [7, 11) is 1.76. The van der Waals surface area contributed by atoms with Gasteiger partial charge in [-0.3, -0.25) is 4.79 Å². The molecule has 0 aliphatic rings. The van der Waals surface area contributed by atoms with Gasteiger partial charge in [0.25, 0.3) is 5.91 Å². The minimum absolute atomic E-state index is 0.0448. The summed E-state index contributed by atoms with van der Waals surface area (Å²) in [6.45, 7) is 1.23. The Balaban J connectivity index is 2.79. The van der Waals surface area contributed by atoms with Crippen molar-refractivity contribution in [3.8, 4) is 0 Å². The molecule has 0 aromatic heterocycles. The molecule has 0 aliphatic heterocycles. The first-order valence-corrected chi connectivity index (χ1v) is 6.13. The van der Waals surface area contributed by atoms with Crippen LogP contribution in [0.2, 0.25) is 5.02 Å². The van der Waals surface area contributed by atoms with Crippen molar-refractivity contribution in [1.29, 1.82) is 0 Å². The molecule has 2 N–H and O–H groups in total. The molecular formula is C11H14BrClN2O. The van der Waals surface area contributed by atoms with Crippen molar-refractivity contribution >= 4 is 33.4 Å². The summed E-state index contributed by atoms with van der Waals surface area (Å²) in [6.07, 6.45) is 0.796. The standard InChI is InChI=1S/C11H14BrClN2O/c1-15(4-2-3-14)11(16)8-5-9(12)7-10(13)6-8/h5-7H,2-4,14H2,1H3. The normalized spacial score (nSPS) is 10.2. The molecule has 0 heterocycles. The second-order valence-electron chi connectivity index (χ2n) is 3.53. The molecule has 0 atom stereocenters. The summed E-state index contributed by atoms with van der Waals surface area (Å²) in [5, 5.41) is 0.546. The number of carbonyl (C=O) groups excluding carboxylic acids is 1. The molecule has 0 spiro atoms. The van der Waals surface area contributed by atoms with E-state index in [1.165, 1.54) is 0 Å². The maximum absolute atomic E-state index is 12.0. The molecule has 1 aromatic carbocycles. The van der Waals surface area contributed by atoms with Crippen molar-refractivity contribution in [3.63, 3.8) is 0 Å². The van der Waals surface area contributed by atoms with Crippen LogP contribution in [0.4, 0.5) is 0 Å². The van der Waals surface area contributed by atoms with Gasteiger partial charge in [0.2, 0.25) is 0 Å². The Morgan fingerprint density at radius 3 is 2.75 bits per heavy atom. The fourth-order valence-corrected chi connectivity index (χ4v) is 2.19. The number of amides is 1. The van der Waals surface area contributed by atoms with Crippen LogP contribution >= 0.6 is 27.5 Å². The molecule has 16 heavy (non-hydrogen) atoms. The number of nitrogens with zero attached hydrogens (tertiary/aromatic N) is 1. The van der Waals surface area contributed by atoms with E-state index in [1.807, 2.05) is 0 Å². The first kappa shape index (κ1) is 13.5. The van der Waals surface area contributed by atoms with Crippen LogP contribution in [0.15, 0.2) is 22.7 Å². The van der Waals surface area contributed by atoms with Gasteiger partial charge >= 0.3 is 0 Å². The van der Waals surface area contributed by atoms with Gasteiger partial charge in [-0.1, -0.05) is 27.5 Å². The van der Waals surface area contributed by atoms with Crippen LogP contribution in [0, 0.1) is 0 Å². The molecule has 0 saturated carbocycles. The van der Waals surface area contributed by atoms with E-state index in [-0.39, 0.29) is 5.91 Å². The van der Waals surface area contributed by atoms with Gasteiger partial charge in [-0.2, -0.15) is 0 Å². The van der Waals surface area contributed by atoms with Crippen LogP contribution in [0.5, 0.6) is 0 Å². The lowest BCUT2D eigenvalue weighted by molar-refractivity contribution is 0.0794. The van der Waals surface area contributed by atoms with Crippen molar-refractivity contribution in [2.75, 3.05) is 20.1 Å². The Labute approximate surface area is 109 Å². The number of halogens is 2. The third-order valence-corrected chi connectivity index (χ3v) is 2.83. The molecule has 0 bridgehead atoms. The van der Waals surface area contributed by atoms with Crippen LogP contribution in [-0.2, 0) is 0 Å². The van der Waals surface area contributed by atoms with Crippen molar-refractivity contribution in [2.24, 2.45) is 5.73 Å². The van der Waals surface area contributed by atoms with Gasteiger partial charge in [0.05, 0.1) is 0 Å². The van der Waals surface area contributed by atoms with Crippen LogP contribution in [0.1, 0.15) is 16.8 Å². The Kier molecular flexibility index (Phi) is 5.25. The van der Waals surface area contributed by atoms with Crippen molar-refractivity contribution in [2.45, 2.75) is 6.42 Å². The topological polar surface area (TPSA) is 46.3 Å². The van der Waals surface area contributed by atoms with E-state index < -0.39 is 0 Å². The summed E-state index contributed by atoms with van der Waals surface area (Å²) in [5.74, 6) is -0.0448. The summed E-state index contributed by atoms with van der Waals surface area (Å²) < 4.78 is 0.801. The molecule has 0 radical (unpaired) electrons. The highest BCUT2D eigenvalue weighted by molar-refractivity contribution is 9.10. The molecule has 0 saturated heterocycles. The van der Waals surface area contributed by atoms with Gasteiger partial charge in [-0.15, -0.1) is 0 Å². The predicted molar refractivity (Wildman–Crippen MR) is 69.8 cm³/mol. The maximum Gasteiger partial charge on any atom is 0.253 e. The highest BCUT2D eigenvalue weighted by Gasteiger charge is 2.12. The Morgan fingerprint density at radius 1 is 1.50 bits per heavy atom. The van der Waals surface area contributed by atoms with Crippen LogP contribution in [-0.4, -0.2) is 30.9 Å². The third kappa shape index (κ3) is 3.77. The summed E-state index contributed by atoms with van der Waals surface area (Å²) >= 11 is 9.19. The lowest BCUT2D eigenvalue weighted by atomic mass is 10.2. The molecule has 1 aromatic rings. The average molecular weight is 306 g/mol. The van der Waals surface area contributed by atoms with E-state index in [0.29, 0.717) is 23.7 Å². The van der Waals surface area contributed by atoms with Crippen LogP contribution in [0.25, 0.3) is 0 Å². The molecule has 0 fully saturated rings. The zero-order valence-electron chi connectivity index (χ0n) is 9.04. The highest BCUT2D eigenvalue weighted by Crippen LogP contribution is 2.20. The lowest BCUT2D eigenvalue weighted by Gasteiger charge is -2.16. The monoisotopic (exact) mass is 304 g/mol. The Bertz CT molecular complexity index is 364. The van der Waals surface area contributed by atoms with Crippen LogP contribution in [0.3, 0.4) is 0 Å². The zero-order valence-corrected chi connectivity index (χ0v) is 11.4. The number of nitrogens with two attached hydrogens (primary N) is 1. The predicted octanol–water partition coefficient (Wildman–Crippen LogP) is 2.52. The van der Waals surface area contributed by atoms with Crippen molar-refractivity contribution in [1.82, 2.24) is 4.90 Å². The first-order chi connectivity index (χ1) is 7.54. The number of benzene rings is 1. The molecule has 5 heteroatoms. The van der Waals surface area contributed by atoms with Crippen molar-refractivity contribution in [3.05, 3.63) is 33.3 Å². The summed E-state index contributed by atoms with van der Waals surface area (Å²) in [5.41, 5.74) is 5.98. The first-order valence-electron chi connectivity index (χ1n) is 4.96. The largest absolute Gasteiger partial charge is 0.342 e. The van der Waals surface area contributed by atoms with Gasteiger partial charge < -0.3 is 10.6 Å². The van der Waals surface area contributed by atoms with Gasteiger partial charge in [0, 0.05) is 28.7 Å². The minimum Gasteiger partial charge on any atom is -0.342 e. The van der Waals surface area contributed by atoms with E-state index in [1.54, 1.807) is 30.1 Å². The number of hydrogen-bond acceptors (Lipinski definition) is 2. The highest BCUT2D eigenvalue weighted by atomic mass is 79.9. The molecular weight excluding hydrogens is 291 g/mol. The van der Waals surface area contributed by atoms with Gasteiger partial charge in [0.15, 0.2) is 0 Å². The summed E-state index contributed by atoms with van der Waals surface area (Å²) in [6, 6.07) is 5.17. The molecule has 0 aliphatic carbocycles. The third-order valence-electron chi connectivity index (χ3n) is 2.15. The minimum atomic E-state index is -0.0448. The number of carbonyl (C=O) groups is 1. The van der Waals surface area contributed by atoms with E-state index in [0.717, 1.165) is 10.9 Å². The Morgan fingerprint density at radius 2 is 2.19 bits per heavy atom. The molecule has 1 rings (SSSR count). The summed E-state index contributed by atoms with van der Waals surface area (Å²) in [4.78, 5) is 13.6. The van der Waals surface area contributed by atoms with E-state index in [4.69, 9.17) is 17.3 Å². The van der Waals surface area contributed by atoms with E-state index in [2.05, 4.69) is 15.9 Å². The molecule has 88 valence electrons. The zero-order chi connectivity index (χ0) is 12.1. The lowest BCUT2D eigenvalue weighted by Crippen LogP contribution is -2.28. The SMILES string of the molecule is CN(CCCN)C(=O)c1cc(Cl)cc(Br)c1. The number of rotatable bonds is 4.